The molecule has 1 saturated heterocycles. The third-order valence-electron chi connectivity index (χ3n) is 5.34. The van der Waals surface area contributed by atoms with Gasteiger partial charge < -0.3 is 9.88 Å². The molecule has 0 bridgehead atoms. The summed E-state index contributed by atoms with van der Waals surface area (Å²) in [4.78, 5) is 43.4. The van der Waals surface area contributed by atoms with Crippen LogP contribution in [-0.4, -0.2) is 33.9 Å². The number of aromatic nitrogens is 1. The number of thiazole rings is 1. The number of nitrogens with one attached hydrogen (secondary N) is 1. The van der Waals surface area contributed by atoms with Crippen LogP contribution in [0.4, 0.5) is 9.18 Å². The van der Waals surface area contributed by atoms with Crippen molar-refractivity contribution in [1.82, 2.24) is 14.8 Å². The highest BCUT2D eigenvalue weighted by Crippen LogP contribution is 2.28. The molecule has 3 aromatic rings. The summed E-state index contributed by atoms with van der Waals surface area (Å²) in [7, 11) is 0. The lowest BCUT2D eigenvalue weighted by atomic mass is 9.92. The number of aryl methyl sites for hydroxylation is 1. The number of nitrogens with zero attached hydrogens (tertiary/aromatic N) is 3. The Labute approximate surface area is 187 Å². The monoisotopic (exact) mass is 452 g/mol. The van der Waals surface area contributed by atoms with E-state index in [1.165, 1.54) is 42.5 Å². The minimum atomic E-state index is -1.38. The second kappa shape index (κ2) is 8.51. The second-order valence-corrected chi connectivity index (χ2v) is 8.63. The Morgan fingerprint density at radius 3 is 2.50 bits per heavy atom. The predicted molar refractivity (Wildman–Crippen MR) is 117 cm³/mol. The quantitative estimate of drug-likeness (QED) is 0.604. The Balaban J connectivity index is 1.51. The minimum absolute atomic E-state index is 0.429. The molecule has 1 N–H and O–H groups in total. The molecular weight excluding hydrogens is 431 g/mol. The molecule has 1 fully saturated rings. The normalized spacial score (nSPS) is 18.8. The Hall–Kier alpha value is -3.59. The highest BCUT2D eigenvalue weighted by molar-refractivity contribution is 7.07. The molecule has 4 amide bonds. The van der Waals surface area contributed by atoms with Gasteiger partial charge in [-0.2, -0.15) is 4.99 Å². The molecule has 2 heterocycles. The van der Waals surface area contributed by atoms with Gasteiger partial charge in [0.1, 0.15) is 17.9 Å². The zero-order valence-corrected chi connectivity index (χ0v) is 18.4. The zero-order chi connectivity index (χ0) is 22.9. The van der Waals surface area contributed by atoms with E-state index in [0.29, 0.717) is 16.9 Å². The fourth-order valence-electron chi connectivity index (χ4n) is 3.49. The van der Waals surface area contributed by atoms with Crippen LogP contribution in [-0.2, 0) is 21.7 Å². The van der Waals surface area contributed by atoms with E-state index in [9.17, 15) is 18.8 Å². The van der Waals surface area contributed by atoms with Crippen molar-refractivity contribution < 1.29 is 18.8 Å². The number of hydrogen-bond acceptors (Lipinski definition) is 4. The van der Waals surface area contributed by atoms with Gasteiger partial charge in [0.25, 0.3) is 11.8 Å². The molecule has 4 rings (SSSR count). The first-order valence-electron chi connectivity index (χ1n) is 9.93. The van der Waals surface area contributed by atoms with E-state index in [1.54, 1.807) is 0 Å². The van der Waals surface area contributed by atoms with Crippen molar-refractivity contribution in [2.45, 2.75) is 25.9 Å². The van der Waals surface area contributed by atoms with Gasteiger partial charge in [-0.25, -0.2) is 9.18 Å². The van der Waals surface area contributed by atoms with Gasteiger partial charge in [0.05, 0.1) is 0 Å². The number of imide groups is 1. The summed E-state index contributed by atoms with van der Waals surface area (Å²) in [6.45, 7) is 3.60. The van der Waals surface area contributed by atoms with E-state index >= 15 is 0 Å². The van der Waals surface area contributed by atoms with Gasteiger partial charge in [0.15, 0.2) is 4.80 Å². The van der Waals surface area contributed by atoms with Gasteiger partial charge in [-0.3, -0.25) is 14.5 Å². The number of carbonyl (C=O) groups excluding carboxylic acids is 3. The first-order valence-corrected chi connectivity index (χ1v) is 10.8. The molecule has 164 valence electrons. The average Bonchev–Trinajstić information content (AvgIpc) is 3.27. The highest BCUT2D eigenvalue weighted by Gasteiger charge is 2.49. The summed E-state index contributed by atoms with van der Waals surface area (Å²) in [5.41, 5.74) is 1.27. The van der Waals surface area contributed by atoms with E-state index in [2.05, 4.69) is 10.3 Å². The van der Waals surface area contributed by atoms with Crippen LogP contribution in [0.15, 0.2) is 65.1 Å². The Kier molecular flexibility index (Phi) is 5.75. The molecule has 0 radical (unpaired) electrons. The van der Waals surface area contributed by atoms with Crippen LogP contribution < -0.4 is 10.1 Å². The van der Waals surface area contributed by atoms with E-state index in [0.717, 1.165) is 16.0 Å². The Morgan fingerprint density at radius 2 is 1.81 bits per heavy atom. The number of rotatable bonds is 5. The standard InChI is InChI=1S/C23H21FN4O3S/c1-15-3-5-16(6-4-15)13-27-11-12-32-22(27)25-19(29)14-28-20(30)23(2,26-21(28)31)17-7-9-18(24)10-8-17/h3-12H,13-14H2,1-2H3,(H,26,31). The fourth-order valence-corrected chi connectivity index (χ4v) is 4.24. The van der Waals surface area contributed by atoms with E-state index < -0.39 is 35.7 Å². The molecule has 1 aliphatic heterocycles. The smallest absolute Gasteiger partial charge is 0.319 e. The van der Waals surface area contributed by atoms with Crippen LogP contribution >= 0.6 is 11.3 Å². The number of halogens is 1. The molecule has 1 aliphatic rings. The van der Waals surface area contributed by atoms with E-state index in [-0.39, 0.29) is 0 Å². The second-order valence-electron chi connectivity index (χ2n) is 7.76. The van der Waals surface area contributed by atoms with Gasteiger partial charge in [-0.1, -0.05) is 42.0 Å². The van der Waals surface area contributed by atoms with Gasteiger partial charge in [-0.05, 0) is 37.1 Å². The van der Waals surface area contributed by atoms with E-state index in [4.69, 9.17) is 0 Å². The summed E-state index contributed by atoms with van der Waals surface area (Å²) >= 11 is 1.29. The number of amides is 4. The number of hydrogen-bond donors (Lipinski definition) is 1. The van der Waals surface area contributed by atoms with Crippen LogP contribution in [0.5, 0.6) is 0 Å². The molecule has 0 spiro atoms. The van der Waals surface area contributed by atoms with Crippen molar-refractivity contribution in [3.05, 3.63) is 87.4 Å². The third-order valence-corrected chi connectivity index (χ3v) is 6.14. The van der Waals surface area contributed by atoms with Crippen LogP contribution in [0.2, 0.25) is 0 Å². The van der Waals surface area contributed by atoms with Crippen molar-refractivity contribution in [2.75, 3.05) is 6.54 Å². The number of urea groups is 1. The number of benzene rings is 2. The summed E-state index contributed by atoms with van der Waals surface area (Å²) in [5.74, 6) is -1.65. The first-order chi connectivity index (χ1) is 15.3. The van der Waals surface area contributed by atoms with Gasteiger partial charge in [0.2, 0.25) is 0 Å². The summed E-state index contributed by atoms with van der Waals surface area (Å²) < 4.78 is 15.1. The fraction of sp³-hybridized carbons (Fsp3) is 0.217. The SMILES string of the molecule is Cc1ccc(Cn2ccsc2=NC(=O)CN2C(=O)NC(C)(c3ccc(F)cc3)C2=O)cc1. The maximum absolute atomic E-state index is 13.2. The lowest BCUT2D eigenvalue weighted by molar-refractivity contribution is -0.134. The minimum Gasteiger partial charge on any atom is -0.319 e. The maximum Gasteiger partial charge on any atom is 0.325 e. The lowest BCUT2D eigenvalue weighted by Gasteiger charge is -2.21. The molecule has 9 heteroatoms. The molecule has 1 aromatic heterocycles. The van der Waals surface area contributed by atoms with Crippen molar-refractivity contribution in [1.29, 1.82) is 0 Å². The van der Waals surface area contributed by atoms with Crippen molar-refractivity contribution >= 4 is 29.2 Å². The molecule has 0 aliphatic carbocycles. The van der Waals surface area contributed by atoms with Gasteiger partial charge in [0, 0.05) is 18.1 Å². The highest BCUT2D eigenvalue weighted by atomic mass is 32.1. The van der Waals surface area contributed by atoms with E-state index in [1.807, 2.05) is 47.3 Å². The molecule has 1 unspecified atom stereocenters. The number of carbonyl (C=O) groups is 3. The van der Waals surface area contributed by atoms with Crippen LogP contribution in [0.1, 0.15) is 23.6 Å². The Bertz CT molecular complexity index is 1250. The lowest BCUT2D eigenvalue weighted by Crippen LogP contribution is -2.41. The third kappa shape index (κ3) is 4.24. The summed E-state index contributed by atoms with van der Waals surface area (Å²) in [6.07, 6.45) is 1.83. The average molecular weight is 453 g/mol. The molecule has 0 saturated carbocycles. The summed E-state index contributed by atoms with van der Waals surface area (Å²) in [5, 5.41) is 4.42. The van der Waals surface area contributed by atoms with Crippen LogP contribution in [0.25, 0.3) is 0 Å². The van der Waals surface area contributed by atoms with Crippen LogP contribution in [0, 0.1) is 12.7 Å². The molecule has 2 aromatic carbocycles. The molecule has 1 atom stereocenters. The van der Waals surface area contributed by atoms with Gasteiger partial charge >= 0.3 is 6.03 Å². The molecule has 32 heavy (non-hydrogen) atoms. The van der Waals surface area contributed by atoms with Gasteiger partial charge in [-0.15, -0.1) is 11.3 Å². The Morgan fingerprint density at radius 1 is 1.12 bits per heavy atom. The topological polar surface area (TPSA) is 83.8 Å². The first kappa shape index (κ1) is 21.6. The predicted octanol–water partition coefficient (Wildman–Crippen LogP) is 2.94. The molecule has 7 nitrogen and oxygen atoms in total. The van der Waals surface area contributed by atoms with Crippen LogP contribution in [0.3, 0.4) is 0 Å². The molecular formula is C23H21FN4O3S. The van der Waals surface area contributed by atoms with Crippen molar-refractivity contribution in [2.24, 2.45) is 4.99 Å². The van der Waals surface area contributed by atoms with Crippen molar-refractivity contribution in [3.63, 3.8) is 0 Å². The zero-order valence-electron chi connectivity index (χ0n) is 17.5. The maximum atomic E-state index is 13.2. The summed E-state index contributed by atoms with van der Waals surface area (Å²) in [6, 6.07) is 12.7. The largest absolute Gasteiger partial charge is 0.325 e. The van der Waals surface area contributed by atoms with Crippen molar-refractivity contribution in [3.8, 4) is 0 Å².